The van der Waals surface area contributed by atoms with Gasteiger partial charge in [0.25, 0.3) is 5.91 Å². The Morgan fingerprint density at radius 3 is 2.74 bits per heavy atom. The van der Waals surface area contributed by atoms with Crippen LogP contribution in [0.15, 0.2) is 47.5 Å². The van der Waals surface area contributed by atoms with Gasteiger partial charge in [-0.25, -0.2) is 0 Å². The Hall–Kier alpha value is -3.15. The van der Waals surface area contributed by atoms with Crippen molar-refractivity contribution in [3.8, 4) is 11.5 Å². The molecule has 2 aromatic carbocycles. The van der Waals surface area contributed by atoms with Gasteiger partial charge in [0.1, 0.15) is 0 Å². The highest BCUT2D eigenvalue weighted by Crippen LogP contribution is 2.35. The lowest BCUT2D eigenvalue weighted by atomic mass is 9.85. The van der Waals surface area contributed by atoms with Crippen LogP contribution in [0.3, 0.4) is 0 Å². The van der Waals surface area contributed by atoms with E-state index in [-0.39, 0.29) is 31.2 Å². The number of amides is 2. The van der Waals surface area contributed by atoms with E-state index in [2.05, 4.69) is 6.92 Å². The average Bonchev–Trinajstić information content (AvgIpc) is 3.26. The summed E-state index contributed by atoms with van der Waals surface area (Å²) >= 11 is 0. The van der Waals surface area contributed by atoms with Crippen molar-refractivity contribution >= 4 is 18.0 Å². The van der Waals surface area contributed by atoms with Crippen LogP contribution < -0.4 is 9.47 Å². The van der Waals surface area contributed by atoms with E-state index in [0.717, 1.165) is 17.5 Å². The van der Waals surface area contributed by atoms with Gasteiger partial charge in [0, 0.05) is 11.8 Å². The maximum atomic E-state index is 13.4. The van der Waals surface area contributed by atoms with Crippen molar-refractivity contribution < 1.29 is 19.1 Å². The summed E-state index contributed by atoms with van der Waals surface area (Å²) in [4.78, 5) is 32.8. The van der Waals surface area contributed by atoms with Gasteiger partial charge in [0.2, 0.25) is 12.7 Å². The van der Waals surface area contributed by atoms with Gasteiger partial charge in [-0.1, -0.05) is 44.0 Å². The molecule has 1 unspecified atom stereocenters. The first kappa shape index (κ1) is 19.8. The number of nitrogens with zero attached hydrogens (tertiary/aromatic N) is 2. The number of ether oxygens (including phenoxy) is 2. The highest BCUT2D eigenvalue weighted by atomic mass is 16.7. The molecule has 2 amide bonds. The van der Waals surface area contributed by atoms with Crippen molar-refractivity contribution in [1.82, 2.24) is 4.90 Å². The summed E-state index contributed by atoms with van der Waals surface area (Å²) in [5, 5.41) is 0. The third-order valence-electron chi connectivity index (χ3n) is 6.57. The lowest BCUT2D eigenvalue weighted by Crippen LogP contribution is -2.44. The fourth-order valence-corrected chi connectivity index (χ4v) is 4.74. The molecule has 0 aromatic heterocycles. The second-order valence-corrected chi connectivity index (χ2v) is 8.61. The SMILES string of the molecule is C[C@@H]1CCCC[C@@H]1N=CC1C(=O)N(Cc2ccc3c(c2)OCO3)C(=O)c2ccccc21. The monoisotopic (exact) mass is 418 g/mol. The molecular formula is C25H26N2O4. The summed E-state index contributed by atoms with van der Waals surface area (Å²) in [6.45, 7) is 2.60. The molecule has 3 aliphatic rings. The molecule has 1 saturated carbocycles. The molecule has 6 heteroatoms. The van der Waals surface area contributed by atoms with Gasteiger partial charge in [-0.15, -0.1) is 0 Å². The molecular weight excluding hydrogens is 392 g/mol. The van der Waals surface area contributed by atoms with Crippen molar-refractivity contribution in [3.05, 3.63) is 59.2 Å². The predicted molar refractivity (Wildman–Crippen MR) is 117 cm³/mol. The summed E-state index contributed by atoms with van der Waals surface area (Å²) in [7, 11) is 0. The zero-order valence-electron chi connectivity index (χ0n) is 17.6. The zero-order valence-corrected chi connectivity index (χ0v) is 17.6. The van der Waals surface area contributed by atoms with Crippen LogP contribution >= 0.6 is 0 Å². The topological polar surface area (TPSA) is 68.2 Å². The molecule has 2 aliphatic heterocycles. The zero-order chi connectivity index (χ0) is 21.4. The molecule has 0 radical (unpaired) electrons. The quantitative estimate of drug-likeness (QED) is 0.547. The first-order valence-electron chi connectivity index (χ1n) is 11.0. The molecule has 1 aliphatic carbocycles. The number of fused-ring (bicyclic) bond motifs is 2. The highest BCUT2D eigenvalue weighted by Gasteiger charge is 2.38. The van der Waals surface area contributed by atoms with Gasteiger partial charge < -0.3 is 9.47 Å². The molecule has 6 nitrogen and oxygen atoms in total. The van der Waals surface area contributed by atoms with Gasteiger partial charge in [0.15, 0.2) is 11.5 Å². The lowest BCUT2D eigenvalue weighted by Gasteiger charge is -2.32. The molecule has 2 heterocycles. The number of hydrogen-bond acceptors (Lipinski definition) is 5. The molecule has 31 heavy (non-hydrogen) atoms. The Balaban J connectivity index is 1.44. The standard InChI is InChI=1S/C25H26N2O4/c1-16-6-2-5-9-21(16)26-13-20-18-7-3-4-8-19(18)24(28)27(25(20)29)14-17-10-11-22-23(12-17)31-15-30-22/h3-4,7-8,10-13,16,20-21H,2,5-6,9,14-15H2,1H3/t16-,20?,21+/m1/s1. The second kappa shape index (κ2) is 8.17. The minimum absolute atomic E-state index is 0.186. The molecule has 3 atom stereocenters. The van der Waals surface area contributed by atoms with Crippen LogP contribution in [-0.2, 0) is 11.3 Å². The van der Waals surface area contributed by atoms with Crippen LogP contribution in [0.5, 0.6) is 11.5 Å². The Labute approximate surface area is 181 Å². The largest absolute Gasteiger partial charge is 0.454 e. The van der Waals surface area contributed by atoms with Crippen molar-refractivity contribution in [2.75, 3.05) is 6.79 Å². The van der Waals surface area contributed by atoms with Crippen molar-refractivity contribution in [2.24, 2.45) is 10.9 Å². The first-order chi connectivity index (χ1) is 15.1. The third kappa shape index (κ3) is 3.71. The molecule has 2 aromatic rings. The number of benzene rings is 2. The van der Waals surface area contributed by atoms with Crippen LogP contribution in [0, 0.1) is 5.92 Å². The summed E-state index contributed by atoms with van der Waals surface area (Å²) in [6, 6.07) is 13.1. The molecule has 0 N–H and O–H groups in total. The maximum absolute atomic E-state index is 13.4. The highest BCUT2D eigenvalue weighted by molar-refractivity contribution is 6.16. The van der Waals surface area contributed by atoms with Crippen LogP contribution in [-0.4, -0.2) is 35.8 Å². The van der Waals surface area contributed by atoms with Gasteiger partial charge in [-0.05, 0) is 48.1 Å². The Morgan fingerprint density at radius 1 is 1.06 bits per heavy atom. The summed E-state index contributed by atoms with van der Waals surface area (Å²) in [5.41, 5.74) is 2.13. The second-order valence-electron chi connectivity index (χ2n) is 8.61. The summed E-state index contributed by atoms with van der Waals surface area (Å²) < 4.78 is 10.8. The van der Waals surface area contributed by atoms with Crippen LogP contribution in [0.25, 0.3) is 0 Å². The van der Waals surface area contributed by atoms with Crippen LogP contribution in [0.4, 0.5) is 0 Å². The van der Waals surface area contributed by atoms with Crippen molar-refractivity contribution in [2.45, 2.75) is 51.1 Å². The molecule has 1 fully saturated rings. The minimum Gasteiger partial charge on any atom is -0.454 e. The van der Waals surface area contributed by atoms with Crippen molar-refractivity contribution in [1.29, 1.82) is 0 Å². The molecule has 5 rings (SSSR count). The molecule has 0 saturated heterocycles. The smallest absolute Gasteiger partial charge is 0.261 e. The van der Waals surface area contributed by atoms with E-state index in [0.29, 0.717) is 23.0 Å². The number of rotatable bonds is 4. The molecule has 0 spiro atoms. The number of aliphatic imine (C=N–C) groups is 1. The van der Waals surface area contributed by atoms with Gasteiger partial charge >= 0.3 is 0 Å². The maximum Gasteiger partial charge on any atom is 0.261 e. The average molecular weight is 418 g/mol. The van der Waals surface area contributed by atoms with E-state index < -0.39 is 5.92 Å². The van der Waals surface area contributed by atoms with E-state index in [1.54, 1.807) is 12.3 Å². The fraction of sp³-hybridized carbons (Fsp3) is 0.400. The Kier molecular flexibility index (Phi) is 5.22. The molecule has 160 valence electrons. The lowest BCUT2D eigenvalue weighted by molar-refractivity contribution is -0.129. The predicted octanol–water partition coefficient (Wildman–Crippen LogP) is 4.33. The van der Waals surface area contributed by atoms with E-state index in [4.69, 9.17) is 14.5 Å². The summed E-state index contributed by atoms with van der Waals surface area (Å²) in [5.74, 6) is 0.793. The van der Waals surface area contributed by atoms with Gasteiger partial charge in [0.05, 0.1) is 18.5 Å². The summed E-state index contributed by atoms with van der Waals surface area (Å²) in [6.07, 6.45) is 6.44. The van der Waals surface area contributed by atoms with Crippen molar-refractivity contribution in [3.63, 3.8) is 0 Å². The third-order valence-corrected chi connectivity index (χ3v) is 6.57. The van der Waals surface area contributed by atoms with Crippen LogP contribution in [0.2, 0.25) is 0 Å². The number of imide groups is 1. The van der Waals surface area contributed by atoms with E-state index in [1.165, 1.54) is 24.2 Å². The van der Waals surface area contributed by atoms with E-state index in [1.807, 2.05) is 36.4 Å². The fourth-order valence-electron chi connectivity index (χ4n) is 4.74. The molecule has 0 bridgehead atoms. The number of carbonyl (C=O) groups excluding carboxylic acids is 2. The normalized spacial score (nSPS) is 25.2. The van der Waals surface area contributed by atoms with E-state index in [9.17, 15) is 9.59 Å². The van der Waals surface area contributed by atoms with Gasteiger partial charge in [-0.2, -0.15) is 0 Å². The van der Waals surface area contributed by atoms with E-state index >= 15 is 0 Å². The Morgan fingerprint density at radius 2 is 1.87 bits per heavy atom. The number of hydrogen-bond donors (Lipinski definition) is 0. The first-order valence-corrected chi connectivity index (χ1v) is 11.0. The van der Waals surface area contributed by atoms with Crippen LogP contribution in [0.1, 0.15) is 60.0 Å². The minimum atomic E-state index is -0.544. The van der Waals surface area contributed by atoms with Gasteiger partial charge in [-0.3, -0.25) is 19.5 Å². The Bertz CT molecular complexity index is 1050. The number of carbonyl (C=O) groups is 2.